The molecule has 0 fully saturated rings. The second kappa shape index (κ2) is 8.66. The lowest BCUT2D eigenvalue weighted by Gasteiger charge is -2.07. The maximum atomic E-state index is 12.2. The molecule has 8 heteroatoms. The number of amides is 3. The Morgan fingerprint density at radius 1 is 1.04 bits per heavy atom. The van der Waals surface area contributed by atoms with E-state index >= 15 is 0 Å². The molecule has 0 radical (unpaired) electrons. The van der Waals surface area contributed by atoms with Gasteiger partial charge in [0.2, 0.25) is 0 Å². The highest BCUT2D eigenvalue weighted by atomic mass is 32.1. The zero-order chi connectivity index (χ0) is 18.4. The highest BCUT2D eigenvalue weighted by Gasteiger charge is 2.16. The average molecular weight is 375 g/mol. The molecule has 0 bridgehead atoms. The molecule has 1 aliphatic rings. The maximum Gasteiger partial charge on any atom is 0.287 e. The third-order valence-corrected chi connectivity index (χ3v) is 5.43. The van der Waals surface area contributed by atoms with Gasteiger partial charge in [0.15, 0.2) is 5.76 Å². The number of hydrazine groups is 1. The summed E-state index contributed by atoms with van der Waals surface area (Å²) < 4.78 is 4.93. The van der Waals surface area contributed by atoms with Crippen LogP contribution in [-0.2, 0) is 17.6 Å². The summed E-state index contributed by atoms with van der Waals surface area (Å²) in [5.74, 6) is -1.23. The van der Waals surface area contributed by atoms with Crippen molar-refractivity contribution in [1.82, 2.24) is 16.2 Å². The van der Waals surface area contributed by atoms with Crippen LogP contribution in [0.2, 0.25) is 0 Å². The Bertz CT molecular complexity index is 757. The van der Waals surface area contributed by atoms with Crippen molar-refractivity contribution in [1.29, 1.82) is 0 Å². The van der Waals surface area contributed by atoms with Gasteiger partial charge in [-0.2, -0.15) is 0 Å². The summed E-state index contributed by atoms with van der Waals surface area (Å²) >= 11 is 1.49. The standard InChI is InChI=1S/C18H21N3O4S/c22-16(11-19-17(23)13-7-5-9-25-13)20-21-18(24)15-10-12-6-3-1-2-4-8-14(12)26-15/h5,7,9-10H,1-4,6,8,11H2,(H,19,23)(H,20,22)(H,21,24). The molecule has 0 spiro atoms. The smallest absolute Gasteiger partial charge is 0.287 e. The second-order valence-corrected chi connectivity index (χ2v) is 7.27. The van der Waals surface area contributed by atoms with Gasteiger partial charge in [0.05, 0.1) is 17.7 Å². The van der Waals surface area contributed by atoms with Crippen LogP contribution in [-0.4, -0.2) is 24.3 Å². The third-order valence-electron chi connectivity index (χ3n) is 4.19. The number of nitrogens with one attached hydrogen (secondary N) is 3. The summed E-state index contributed by atoms with van der Waals surface area (Å²) in [5, 5.41) is 2.41. The minimum atomic E-state index is -0.520. The maximum absolute atomic E-state index is 12.2. The monoisotopic (exact) mass is 375 g/mol. The van der Waals surface area contributed by atoms with Crippen LogP contribution in [0, 0.1) is 0 Å². The first-order valence-electron chi connectivity index (χ1n) is 8.66. The van der Waals surface area contributed by atoms with Gasteiger partial charge in [0.25, 0.3) is 17.7 Å². The molecule has 1 aliphatic carbocycles. The summed E-state index contributed by atoms with van der Waals surface area (Å²) in [4.78, 5) is 37.5. The molecule has 26 heavy (non-hydrogen) atoms. The van der Waals surface area contributed by atoms with E-state index in [2.05, 4.69) is 16.2 Å². The van der Waals surface area contributed by atoms with Gasteiger partial charge in [0, 0.05) is 4.88 Å². The zero-order valence-corrected chi connectivity index (χ0v) is 15.1. The molecule has 3 N–H and O–H groups in total. The topological polar surface area (TPSA) is 100 Å². The molecule has 2 aromatic heterocycles. The Balaban J connectivity index is 1.47. The van der Waals surface area contributed by atoms with Crippen molar-refractivity contribution in [2.24, 2.45) is 0 Å². The summed E-state index contributed by atoms with van der Waals surface area (Å²) in [6, 6.07) is 5.00. The molecule has 3 amide bonds. The van der Waals surface area contributed by atoms with E-state index in [9.17, 15) is 14.4 Å². The highest BCUT2D eigenvalue weighted by molar-refractivity contribution is 7.14. The quantitative estimate of drug-likeness (QED) is 0.713. The molecule has 2 aromatic rings. The van der Waals surface area contributed by atoms with Crippen LogP contribution in [0.4, 0.5) is 0 Å². The van der Waals surface area contributed by atoms with Crippen LogP contribution in [0.25, 0.3) is 0 Å². The van der Waals surface area contributed by atoms with E-state index < -0.39 is 11.8 Å². The van der Waals surface area contributed by atoms with E-state index in [1.54, 1.807) is 6.07 Å². The number of carbonyl (C=O) groups is 3. The number of hydrogen-bond acceptors (Lipinski definition) is 5. The van der Waals surface area contributed by atoms with E-state index in [-0.39, 0.29) is 18.2 Å². The SMILES string of the molecule is O=C(CNC(=O)c1ccco1)NNC(=O)c1cc2c(s1)CCCCCC2. The van der Waals surface area contributed by atoms with E-state index in [0.29, 0.717) is 4.88 Å². The Hall–Kier alpha value is -2.61. The fourth-order valence-corrected chi connectivity index (χ4v) is 3.99. The van der Waals surface area contributed by atoms with Crippen LogP contribution in [0.1, 0.15) is 56.4 Å². The van der Waals surface area contributed by atoms with Crippen molar-refractivity contribution in [3.05, 3.63) is 45.5 Å². The summed E-state index contributed by atoms with van der Waals surface area (Å²) in [7, 11) is 0. The normalized spacial score (nSPS) is 13.8. The highest BCUT2D eigenvalue weighted by Crippen LogP contribution is 2.28. The predicted octanol–water partition coefficient (Wildman–Crippen LogP) is 2.19. The van der Waals surface area contributed by atoms with Crippen molar-refractivity contribution < 1.29 is 18.8 Å². The van der Waals surface area contributed by atoms with Gasteiger partial charge in [-0.15, -0.1) is 11.3 Å². The Morgan fingerprint density at radius 3 is 2.62 bits per heavy atom. The number of fused-ring (bicyclic) bond motifs is 1. The molecule has 138 valence electrons. The lowest BCUT2D eigenvalue weighted by molar-refractivity contribution is -0.120. The van der Waals surface area contributed by atoms with E-state index in [1.165, 1.54) is 46.9 Å². The molecule has 0 aliphatic heterocycles. The van der Waals surface area contributed by atoms with Crippen LogP contribution >= 0.6 is 11.3 Å². The third kappa shape index (κ3) is 4.72. The first-order chi connectivity index (χ1) is 12.6. The molecular weight excluding hydrogens is 354 g/mol. The average Bonchev–Trinajstić information content (AvgIpc) is 3.28. The lowest BCUT2D eigenvalue weighted by atomic mass is 10.00. The first-order valence-corrected chi connectivity index (χ1v) is 9.47. The fraction of sp³-hybridized carbons (Fsp3) is 0.389. The van der Waals surface area contributed by atoms with Crippen LogP contribution < -0.4 is 16.2 Å². The van der Waals surface area contributed by atoms with E-state index in [1.807, 2.05) is 6.07 Å². The van der Waals surface area contributed by atoms with Crippen LogP contribution in [0.15, 0.2) is 28.9 Å². The summed E-state index contributed by atoms with van der Waals surface area (Å²) in [6.07, 6.45) is 8.16. The van der Waals surface area contributed by atoms with Crippen molar-refractivity contribution in [2.75, 3.05) is 6.54 Å². The molecular formula is C18H21N3O4S. The number of hydrogen-bond donors (Lipinski definition) is 3. The van der Waals surface area contributed by atoms with Crippen LogP contribution in [0.5, 0.6) is 0 Å². The number of carbonyl (C=O) groups excluding carboxylic acids is 3. The predicted molar refractivity (Wildman–Crippen MR) is 96.8 cm³/mol. The molecule has 0 saturated heterocycles. The number of furan rings is 1. The van der Waals surface area contributed by atoms with Crippen molar-refractivity contribution in [3.8, 4) is 0 Å². The molecule has 0 saturated carbocycles. The molecule has 0 aromatic carbocycles. The molecule has 7 nitrogen and oxygen atoms in total. The minimum absolute atomic E-state index is 0.123. The second-order valence-electron chi connectivity index (χ2n) is 6.14. The van der Waals surface area contributed by atoms with Gasteiger partial charge in [-0.1, -0.05) is 12.8 Å². The first kappa shape index (κ1) is 18.2. The summed E-state index contributed by atoms with van der Waals surface area (Å²) in [5.41, 5.74) is 5.95. The van der Waals surface area contributed by atoms with Gasteiger partial charge < -0.3 is 9.73 Å². The number of thiophene rings is 1. The van der Waals surface area contributed by atoms with E-state index in [0.717, 1.165) is 25.7 Å². The largest absolute Gasteiger partial charge is 0.459 e. The molecule has 2 heterocycles. The lowest BCUT2D eigenvalue weighted by Crippen LogP contribution is -2.46. The van der Waals surface area contributed by atoms with Gasteiger partial charge in [-0.3, -0.25) is 25.2 Å². The molecule has 0 unspecified atom stereocenters. The number of rotatable bonds is 4. The number of aryl methyl sites for hydroxylation is 2. The molecule has 0 atom stereocenters. The van der Waals surface area contributed by atoms with Crippen molar-refractivity contribution in [3.63, 3.8) is 0 Å². The van der Waals surface area contributed by atoms with Gasteiger partial charge in [-0.05, 0) is 49.4 Å². The van der Waals surface area contributed by atoms with Gasteiger partial charge in [-0.25, -0.2) is 0 Å². The Labute approximate surface area is 155 Å². The minimum Gasteiger partial charge on any atom is -0.459 e. The van der Waals surface area contributed by atoms with Gasteiger partial charge in [0.1, 0.15) is 0 Å². The zero-order valence-electron chi connectivity index (χ0n) is 14.3. The summed E-state index contributed by atoms with van der Waals surface area (Å²) in [6.45, 7) is -0.263. The fourth-order valence-electron chi connectivity index (χ4n) is 2.84. The molecule has 3 rings (SSSR count). The Kier molecular flexibility index (Phi) is 6.06. The van der Waals surface area contributed by atoms with Crippen LogP contribution in [0.3, 0.4) is 0 Å². The van der Waals surface area contributed by atoms with E-state index in [4.69, 9.17) is 4.42 Å². The van der Waals surface area contributed by atoms with Crippen molar-refractivity contribution in [2.45, 2.75) is 38.5 Å². The van der Waals surface area contributed by atoms with Crippen molar-refractivity contribution >= 4 is 29.1 Å². The Morgan fingerprint density at radius 2 is 1.85 bits per heavy atom. The van der Waals surface area contributed by atoms with Gasteiger partial charge >= 0.3 is 0 Å².